The number of anilines is 2. The average molecular weight is 230 g/mol. The summed E-state index contributed by atoms with van der Waals surface area (Å²) < 4.78 is 0. The van der Waals surface area contributed by atoms with Crippen molar-refractivity contribution >= 4 is 17.3 Å². The second-order valence-electron chi connectivity index (χ2n) is 3.85. The number of nitrogens with one attached hydrogen (secondary N) is 2. The Morgan fingerprint density at radius 2 is 2.41 bits per heavy atom. The number of hydrogen-bond donors (Lipinski definition) is 2. The number of carbonyl (C=O) groups is 1. The van der Waals surface area contributed by atoms with Crippen molar-refractivity contribution < 1.29 is 4.79 Å². The van der Waals surface area contributed by atoms with Gasteiger partial charge in [0.2, 0.25) is 5.91 Å². The molecule has 5 nitrogen and oxygen atoms in total. The molecule has 0 unspecified atom stereocenters. The van der Waals surface area contributed by atoms with Crippen molar-refractivity contribution in [2.45, 2.75) is 0 Å². The Bertz CT molecular complexity index is 478. The summed E-state index contributed by atoms with van der Waals surface area (Å²) >= 11 is 0. The van der Waals surface area contributed by atoms with E-state index in [1.165, 1.54) is 0 Å². The molecule has 1 heterocycles. The molecule has 0 spiro atoms. The fourth-order valence-electron chi connectivity index (χ4n) is 1.85. The zero-order valence-corrected chi connectivity index (χ0v) is 9.66. The minimum Gasteiger partial charge on any atom is -0.374 e. The van der Waals surface area contributed by atoms with Crippen molar-refractivity contribution in [2.24, 2.45) is 0 Å². The van der Waals surface area contributed by atoms with Crippen LogP contribution >= 0.6 is 0 Å². The van der Waals surface area contributed by atoms with Crippen LogP contribution in [0, 0.1) is 11.3 Å². The second-order valence-corrected chi connectivity index (χ2v) is 3.85. The van der Waals surface area contributed by atoms with Gasteiger partial charge in [-0.3, -0.25) is 4.79 Å². The van der Waals surface area contributed by atoms with Crippen LogP contribution in [0.25, 0.3) is 0 Å². The number of nitriles is 1. The van der Waals surface area contributed by atoms with Gasteiger partial charge in [0, 0.05) is 13.1 Å². The molecule has 2 N–H and O–H groups in total. The van der Waals surface area contributed by atoms with E-state index in [9.17, 15) is 4.79 Å². The maximum absolute atomic E-state index is 11.8. The largest absolute Gasteiger partial charge is 0.374 e. The maximum atomic E-state index is 11.8. The van der Waals surface area contributed by atoms with Crippen LogP contribution in [0.5, 0.6) is 0 Å². The van der Waals surface area contributed by atoms with E-state index >= 15 is 0 Å². The molecule has 5 heteroatoms. The molecule has 2 rings (SSSR count). The third-order valence-corrected chi connectivity index (χ3v) is 2.73. The van der Waals surface area contributed by atoms with Crippen molar-refractivity contribution in [3.63, 3.8) is 0 Å². The Morgan fingerprint density at radius 1 is 1.59 bits per heavy atom. The lowest BCUT2D eigenvalue weighted by Crippen LogP contribution is -2.43. The average Bonchev–Trinajstić information content (AvgIpc) is 2.37. The third-order valence-electron chi connectivity index (χ3n) is 2.73. The molecule has 1 amide bonds. The van der Waals surface area contributed by atoms with Gasteiger partial charge >= 0.3 is 0 Å². The minimum atomic E-state index is 0.0532. The summed E-state index contributed by atoms with van der Waals surface area (Å²) in [6.45, 7) is 1.66. The monoisotopic (exact) mass is 230 g/mol. The Morgan fingerprint density at radius 3 is 3.12 bits per heavy atom. The molecule has 1 aliphatic heterocycles. The van der Waals surface area contributed by atoms with Gasteiger partial charge in [-0.05, 0) is 25.2 Å². The first-order valence-electron chi connectivity index (χ1n) is 5.49. The molecule has 0 saturated heterocycles. The normalized spacial score (nSPS) is 13.9. The van der Waals surface area contributed by atoms with Gasteiger partial charge in [0.1, 0.15) is 0 Å². The van der Waals surface area contributed by atoms with Crippen molar-refractivity contribution in [1.82, 2.24) is 5.32 Å². The highest BCUT2D eigenvalue weighted by Gasteiger charge is 2.23. The van der Waals surface area contributed by atoms with E-state index in [0.717, 1.165) is 17.9 Å². The van der Waals surface area contributed by atoms with E-state index < -0.39 is 0 Å². The first-order chi connectivity index (χ1) is 8.26. The lowest BCUT2D eigenvalue weighted by Gasteiger charge is -2.30. The Kier molecular flexibility index (Phi) is 3.26. The minimum absolute atomic E-state index is 0.0532. The molecule has 0 saturated carbocycles. The van der Waals surface area contributed by atoms with Crippen LogP contribution in [0.15, 0.2) is 18.2 Å². The second kappa shape index (κ2) is 4.85. The standard InChI is InChI=1S/C12H14N4O/c1-14-4-5-16-11-3-2-9(7-13)6-10(11)15-8-12(16)17/h2-3,6,14-15H,4-5,8H2,1H3. The van der Waals surface area contributed by atoms with E-state index in [-0.39, 0.29) is 12.5 Å². The van der Waals surface area contributed by atoms with Gasteiger partial charge in [-0.2, -0.15) is 5.26 Å². The van der Waals surface area contributed by atoms with Gasteiger partial charge in [0.05, 0.1) is 29.6 Å². The van der Waals surface area contributed by atoms with Crippen molar-refractivity contribution in [1.29, 1.82) is 5.26 Å². The third kappa shape index (κ3) is 2.22. The molecule has 1 aromatic carbocycles. The number of fused-ring (bicyclic) bond motifs is 1. The molecule has 1 aliphatic rings. The Balaban J connectivity index is 2.32. The molecule has 0 atom stereocenters. The van der Waals surface area contributed by atoms with Gasteiger partial charge in [-0.15, -0.1) is 0 Å². The number of likely N-dealkylation sites (N-methyl/N-ethyl adjacent to an activating group) is 1. The molecule has 88 valence electrons. The Labute approximate surface area is 100 Å². The van der Waals surface area contributed by atoms with Gasteiger partial charge in [-0.25, -0.2) is 0 Å². The van der Waals surface area contributed by atoms with Crippen LogP contribution < -0.4 is 15.5 Å². The summed E-state index contributed by atoms with van der Waals surface area (Å²) in [6.07, 6.45) is 0. The topological polar surface area (TPSA) is 68.2 Å². The zero-order valence-electron chi connectivity index (χ0n) is 9.66. The molecule has 0 aliphatic carbocycles. The molecular weight excluding hydrogens is 216 g/mol. The van der Waals surface area contributed by atoms with Gasteiger partial charge in [0.25, 0.3) is 0 Å². The number of carbonyl (C=O) groups excluding carboxylic acids is 1. The van der Waals surface area contributed by atoms with Crippen molar-refractivity contribution in [3.05, 3.63) is 23.8 Å². The molecule has 17 heavy (non-hydrogen) atoms. The number of hydrogen-bond acceptors (Lipinski definition) is 4. The smallest absolute Gasteiger partial charge is 0.246 e. The highest BCUT2D eigenvalue weighted by molar-refractivity contribution is 6.02. The summed E-state index contributed by atoms with van der Waals surface area (Å²) in [6, 6.07) is 7.40. The maximum Gasteiger partial charge on any atom is 0.246 e. The summed E-state index contributed by atoms with van der Waals surface area (Å²) in [5.41, 5.74) is 2.29. The van der Waals surface area contributed by atoms with Crippen LogP contribution in [-0.4, -0.2) is 32.6 Å². The molecule has 0 bridgehead atoms. The highest BCUT2D eigenvalue weighted by atomic mass is 16.2. The SMILES string of the molecule is CNCCN1C(=O)CNc2cc(C#N)ccc21. The van der Waals surface area contributed by atoms with E-state index in [0.29, 0.717) is 12.1 Å². The molecule has 0 aromatic heterocycles. The molecular formula is C12H14N4O. The lowest BCUT2D eigenvalue weighted by molar-refractivity contribution is -0.117. The number of rotatable bonds is 3. The molecule has 0 fully saturated rings. The summed E-state index contributed by atoms with van der Waals surface area (Å²) in [5, 5.41) is 14.9. The van der Waals surface area contributed by atoms with Crippen LogP contribution in [0.3, 0.4) is 0 Å². The predicted octanol–water partition coefficient (Wildman–Crippen LogP) is 0.536. The molecule has 1 aromatic rings. The van der Waals surface area contributed by atoms with E-state index in [2.05, 4.69) is 16.7 Å². The van der Waals surface area contributed by atoms with Crippen molar-refractivity contribution in [2.75, 3.05) is 36.9 Å². The summed E-state index contributed by atoms with van der Waals surface area (Å²) in [5.74, 6) is 0.0532. The Hall–Kier alpha value is -2.06. The van der Waals surface area contributed by atoms with Crippen LogP contribution in [-0.2, 0) is 4.79 Å². The molecule has 0 radical (unpaired) electrons. The zero-order chi connectivity index (χ0) is 12.3. The van der Waals surface area contributed by atoms with Gasteiger partial charge in [0.15, 0.2) is 0 Å². The first-order valence-corrected chi connectivity index (χ1v) is 5.49. The first kappa shape index (κ1) is 11.4. The van der Waals surface area contributed by atoms with E-state index in [1.54, 1.807) is 17.0 Å². The summed E-state index contributed by atoms with van der Waals surface area (Å²) in [4.78, 5) is 13.5. The van der Waals surface area contributed by atoms with Gasteiger partial charge in [-0.1, -0.05) is 0 Å². The van der Waals surface area contributed by atoms with E-state index in [4.69, 9.17) is 5.26 Å². The summed E-state index contributed by atoms with van der Waals surface area (Å²) in [7, 11) is 1.85. The number of amides is 1. The number of nitrogens with zero attached hydrogens (tertiary/aromatic N) is 2. The van der Waals surface area contributed by atoms with Crippen molar-refractivity contribution in [3.8, 4) is 6.07 Å². The quantitative estimate of drug-likeness (QED) is 0.795. The van der Waals surface area contributed by atoms with Crippen LogP contribution in [0.1, 0.15) is 5.56 Å². The fourth-order valence-corrected chi connectivity index (χ4v) is 1.85. The van der Waals surface area contributed by atoms with Crippen LogP contribution in [0.2, 0.25) is 0 Å². The number of benzene rings is 1. The predicted molar refractivity (Wildman–Crippen MR) is 65.9 cm³/mol. The van der Waals surface area contributed by atoms with Gasteiger partial charge < -0.3 is 15.5 Å². The van der Waals surface area contributed by atoms with E-state index in [1.807, 2.05) is 13.1 Å². The highest BCUT2D eigenvalue weighted by Crippen LogP contribution is 2.29. The fraction of sp³-hybridized carbons (Fsp3) is 0.333. The lowest BCUT2D eigenvalue weighted by atomic mass is 10.1. The van der Waals surface area contributed by atoms with Crippen LogP contribution in [0.4, 0.5) is 11.4 Å².